The van der Waals surface area contributed by atoms with E-state index in [-0.39, 0.29) is 4.90 Å². The Morgan fingerprint density at radius 3 is 2.55 bits per heavy atom. The van der Waals surface area contributed by atoms with Gasteiger partial charge < -0.3 is 5.73 Å². The SMILES string of the molecule is Nc1ccc(F)c(S(N)=O)c1. The van der Waals surface area contributed by atoms with Crippen molar-refractivity contribution >= 4 is 16.7 Å². The second-order valence-corrected chi connectivity index (χ2v) is 3.02. The molecule has 1 aromatic carbocycles. The molecule has 11 heavy (non-hydrogen) atoms. The number of nitrogen functional groups attached to an aromatic ring is 1. The number of rotatable bonds is 1. The van der Waals surface area contributed by atoms with Crippen LogP contribution >= 0.6 is 0 Å². The van der Waals surface area contributed by atoms with Crippen molar-refractivity contribution in [2.75, 3.05) is 5.73 Å². The van der Waals surface area contributed by atoms with Gasteiger partial charge in [0.05, 0.1) is 4.90 Å². The van der Waals surface area contributed by atoms with Crippen LogP contribution in [0.1, 0.15) is 0 Å². The van der Waals surface area contributed by atoms with Crippen molar-refractivity contribution in [3.63, 3.8) is 0 Å². The van der Waals surface area contributed by atoms with Crippen LogP contribution in [0.3, 0.4) is 0 Å². The molecule has 1 aromatic rings. The summed E-state index contributed by atoms with van der Waals surface area (Å²) in [5.74, 6) is -0.597. The van der Waals surface area contributed by atoms with Crippen molar-refractivity contribution < 1.29 is 8.60 Å². The molecule has 3 nitrogen and oxygen atoms in total. The number of anilines is 1. The first kappa shape index (κ1) is 8.16. The first-order valence-electron chi connectivity index (χ1n) is 2.82. The van der Waals surface area contributed by atoms with E-state index in [2.05, 4.69) is 0 Å². The third-order valence-electron chi connectivity index (χ3n) is 1.17. The Labute approximate surface area is 65.8 Å². The van der Waals surface area contributed by atoms with Gasteiger partial charge in [-0.25, -0.2) is 13.7 Å². The Kier molecular flexibility index (Phi) is 2.21. The molecule has 0 aliphatic carbocycles. The topological polar surface area (TPSA) is 69.1 Å². The monoisotopic (exact) mass is 174 g/mol. The van der Waals surface area contributed by atoms with Crippen LogP contribution in [0.2, 0.25) is 0 Å². The molecule has 0 bridgehead atoms. The molecule has 0 spiro atoms. The molecule has 4 N–H and O–H groups in total. The lowest BCUT2D eigenvalue weighted by molar-refractivity contribution is 0.596. The van der Waals surface area contributed by atoms with Crippen molar-refractivity contribution in [3.8, 4) is 0 Å². The van der Waals surface area contributed by atoms with E-state index in [0.717, 1.165) is 6.07 Å². The molecular formula is C6H7FN2OS. The summed E-state index contributed by atoms with van der Waals surface area (Å²) in [6.07, 6.45) is 0. The number of halogens is 1. The quantitative estimate of drug-likeness (QED) is 0.604. The summed E-state index contributed by atoms with van der Waals surface area (Å²) in [7, 11) is -1.81. The maximum Gasteiger partial charge on any atom is 0.140 e. The third-order valence-corrected chi connectivity index (χ3v) is 1.92. The molecule has 0 aliphatic heterocycles. The van der Waals surface area contributed by atoms with E-state index in [4.69, 9.17) is 10.9 Å². The normalized spacial score (nSPS) is 12.9. The van der Waals surface area contributed by atoms with E-state index in [0.29, 0.717) is 5.69 Å². The van der Waals surface area contributed by atoms with Gasteiger partial charge in [-0.15, -0.1) is 0 Å². The highest BCUT2D eigenvalue weighted by Crippen LogP contribution is 2.13. The van der Waals surface area contributed by atoms with Crippen molar-refractivity contribution in [1.82, 2.24) is 0 Å². The molecule has 5 heteroatoms. The number of benzene rings is 1. The number of hydrogen-bond acceptors (Lipinski definition) is 2. The van der Waals surface area contributed by atoms with Gasteiger partial charge in [0, 0.05) is 5.69 Å². The molecule has 1 atom stereocenters. The maximum atomic E-state index is 12.7. The van der Waals surface area contributed by atoms with Crippen LogP contribution in [0.4, 0.5) is 10.1 Å². The fraction of sp³-hybridized carbons (Fsp3) is 0. The minimum Gasteiger partial charge on any atom is -0.399 e. The van der Waals surface area contributed by atoms with Crippen LogP contribution in [-0.2, 0) is 11.0 Å². The first-order chi connectivity index (χ1) is 5.11. The smallest absolute Gasteiger partial charge is 0.140 e. The van der Waals surface area contributed by atoms with Gasteiger partial charge in [0.2, 0.25) is 0 Å². The van der Waals surface area contributed by atoms with Crippen LogP contribution in [0.5, 0.6) is 0 Å². The molecule has 60 valence electrons. The first-order valence-corrected chi connectivity index (χ1v) is 4.04. The minimum absolute atomic E-state index is 0.0648. The van der Waals surface area contributed by atoms with Gasteiger partial charge in [-0.05, 0) is 18.2 Å². The maximum absolute atomic E-state index is 12.7. The van der Waals surface area contributed by atoms with Crippen LogP contribution in [0.15, 0.2) is 23.1 Å². The van der Waals surface area contributed by atoms with E-state index in [1.807, 2.05) is 0 Å². The van der Waals surface area contributed by atoms with Crippen molar-refractivity contribution in [1.29, 1.82) is 0 Å². The number of hydrogen-bond donors (Lipinski definition) is 2. The Hall–Kier alpha value is -0.940. The summed E-state index contributed by atoms with van der Waals surface area (Å²) in [5.41, 5.74) is 5.66. The average molecular weight is 174 g/mol. The standard InChI is InChI=1S/C6H7FN2OS/c7-5-2-1-4(8)3-6(5)11(9)10/h1-3H,8-9H2. The van der Waals surface area contributed by atoms with Crippen molar-refractivity contribution in [2.24, 2.45) is 5.14 Å². The van der Waals surface area contributed by atoms with Gasteiger partial charge in [0.15, 0.2) is 0 Å². The second-order valence-electron chi connectivity index (χ2n) is 1.99. The lowest BCUT2D eigenvalue weighted by Gasteiger charge is -1.98. The van der Waals surface area contributed by atoms with Crippen LogP contribution < -0.4 is 10.9 Å². The molecule has 0 aromatic heterocycles. The zero-order valence-corrected chi connectivity index (χ0v) is 6.40. The highest BCUT2D eigenvalue weighted by molar-refractivity contribution is 7.82. The van der Waals surface area contributed by atoms with Crippen LogP contribution in [0.25, 0.3) is 0 Å². The molecule has 1 rings (SSSR count). The average Bonchev–Trinajstić information content (AvgIpc) is 1.94. The summed E-state index contributed by atoms with van der Waals surface area (Å²) in [4.78, 5) is -0.0648. The van der Waals surface area contributed by atoms with Gasteiger partial charge in [0.1, 0.15) is 16.8 Å². The molecule has 0 saturated heterocycles. The fourth-order valence-corrected chi connectivity index (χ4v) is 1.19. The van der Waals surface area contributed by atoms with Gasteiger partial charge in [-0.1, -0.05) is 0 Å². The van der Waals surface area contributed by atoms with Crippen molar-refractivity contribution in [2.45, 2.75) is 4.90 Å². The van der Waals surface area contributed by atoms with Crippen LogP contribution in [-0.4, -0.2) is 4.21 Å². The summed E-state index contributed by atoms with van der Waals surface area (Å²) in [5, 5.41) is 4.96. The Morgan fingerprint density at radius 2 is 2.09 bits per heavy atom. The fourth-order valence-electron chi connectivity index (χ4n) is 0.674. The molecular weight excluding hydrogens is 167 g/mol. The lowest BCUT2D eigenvalue weighted by atomic mass is 10.3. The zero-order valence-electron chi connectivity index (χ0n) is 5.58. The Balaban J connectivity index is 3.23. The molecule has 0 aliphatic rings. The number of nitrogens with two attached hydrogens (primary N) is 2. The third kappa shape index (κ3) is 1.75. The van der Waals surface area contributed by atoms with Crippen molar-refractivity contribution in [3.05, 3.63) is 24.0 Å². The molecule has 0 fully saturated rings. The van der Waals surface area contributed by atoms with E-state index in [1.165, 1.54) is 12.1 Å². The van der Waals surface area contributed by atoms with E-state index in [1.54, 1.807) is 0 Å². The zero-order chi connectivity index (χ0) is 8.43. The molecule has 0 saturated carbocycles. The predicted octanol–water partition coefficient (Wildman–Crippen LogP) is 0.389. The summed E-state index contributed by atoms with van der Waals surface area (Å²) >= 11 is 0. The minimum atomic E-state index is -1.81. The Morgan fingerprint density at radius 1 is 1.45 bits per heavy atom. The lowest BCUT2D eigenvalue weighted by Crippen LogP contribution is -2.05. The van der Waals surface area contributed by atoms with Crippen LogP contribution in [0, 0.1) is 5.82 Å². The van der Waals surface area contributed by atoms with Gasteiger partial charge >= 0.3 is 0 Å². The highest BCUT2D eigenvalue weighted by Gasteiger charge is 2.05. The largest absolute Gasteiger partial charge is 0.399 e. The summed E-state index contributed by atoms with van der Waals surface area (Å²) in [6.45, 7) is 0. The highest BCUT2D eigenvalue weighted by atomic mass is 32.2. The molecule has 0 amide bonds. The van der Waals surface area contributed by atoms with E-state index < -0.39 is 16.8 Å². The molecule has 0 heterocycles. The Bertz CT molecular complexity index is 303. The van der Waals surface area contributed by atoms with Gasteiger partial charge in [-0.2, -0.15) is 0 Å². The second kappa shape index (κ2) is 2.98. The van der Waals surface area contributed by atoms with Gasteiger partial charge in [-0.3, -0.25) is 0 Å². The van der Waals surface area contributed by atoms with E-state index in [9.17, 15) is 8.60 Å². The summed E-state index contributed by atoms with van der Waals surface area (Å²) in [6, 6.07) is 3.77. The predicted molar refractivity (Wildman–Crippen MR) is 41.4 cm³/mol. The summed E-state index contributed by atoms with van der Waals surface area (Å²) < 4.78 is 23.3. The molecule has 0 radical (unpaired) electrons. The molecule has 1 unspecified atom stereocenters. The van der Waals surface area contributed by atoms with E-state index >= 15 is 0 Å². The van der Waals surface area contributed by atoms with Gasteiger partial charge in [0.25, 0.3) is 0 Å².